The molecule has 0 heterocycles. The SMILES string of the molecule is Cc1cc(OCC(=O)N(Cc2ccc(Br)cc2)[C@H](Cc2ccccc2)C(=O)NC2CCCC2)cc(C)c1Cl. The van der Waals surface area contributed by atoms with Crippen LogP contribution in [0.4, 0.5) is 0 Å². The van der Waals surface area contributed by atoms with E-state index in [-0.39, 0.29) is 24.5 Å². The second-order valence-electron chi connectivity index (χ2n) is 10.0. The minimum atomic E-state index is -0.675. The van der Waals surface area contributed by atoms with E-state index in [0.717, 1.165) is 52.4 Å². The van der Waals surface area contributed by atoms with E-state index in [4.69, 9.17) is 16.3 Å². The molecule has 4 rings (SSSR count). The van der Waals surface area contributed by atoms with Crippen LogP contribution in [0.3, 0.4) is 0 Å². The number of carbonyl (C=O) groups is 2. The van der Waals surface area contributed by atoms with E-state index in [1.165, 1.54) is 0 Å². The van der Waals surface area contributed by atoms with Crippen molar-refractivity contribution in [3.63, 3.8) is 0 Å². The predicted octanol–water partition coefficient (Wildman–Crippen LogP) is 6.80. The number of amides is 2. The highest BCUT2D eigenvalue weighted by molar-refractivity contribution is 9.10. The summed E-state index contributed by atoms with van der Waals surface area (Å²) in [6.07, 6.45) is 4.60. The Morgan fingerprint density at radius 2 is 1.63 bits per heavy atom. The molecule has 0 unspecified atom stereocenters. The zero-order valence-electron chi connectivity index (χ0n) is 21.9. The predicted molar refractivity (Wildman–Crippen MR) is 155 cm³/mol. The van der Waals surface area contributed by atoms with Crippen LogP contribution in [0, 0.1) is 13.8 Å². The van der Waals surface area contributed by atoms with Crippen molar-refractivity contribution >= 4 is 39.3 Å². The van der Waals surface area contributed by atoms with Crippen LogP contribution in [0.2, 0.25) is 5.02 Å². The van der Waals surface area contributed by atoms with Gasteiger partial charge in [0.2, 0.25) is 5.91 Å². The van der Waals surface area contributed by atoms with Crippen LogP contribution in [0.5, 0.6) is 5.75 Å². The molecule has 0 bridgehead atoms. The molecule has 0 saturated heterocycles. The van der Waals surface area contributed by atoms with Crippen molar-refractivity contribution in [1.29, 1.82) is 0 Å². The summed E-state index contributed by atoms with van der Waals surface area (Å²) in [6, 6.07) is 20.8. The first-order valence-corrected chi connectivity index (χ1v) is 14.2. The first kappa shape index (κ1) is 28.2. The summed E-state index contributed by atoms with van der Waals surface area (Å²) in [7, 11) is 0. The Morgan fingerprint density at radius 3 is 2.26 bits per heavy atom. The van der Waals surface area contributed by atoms with Gasteiger partial charge in [-0.05, 0) is 73.2 Å². The number of nitrogens with zero attached hydrogens (tertiary/aromatic N) is 1. The first-order valence-electron chi connectivity index (χ1n) is 13.1. The van der Waals surface area contributed by atoms with Crippen molar-refractivity contribution in [2.24, 2.45) is 0 Å². The lowest BCUT2D eigenvalue weighted by Gasteiger charge is -2.32. The van der Waals surface area contributed by atoms with Crippen LogP contribution < -0.4 is 10.1 Å². The van der Waals surface area contributed by atoms with Crippen molar-refractivity contribution < 1.29 is 14.3 Å². The molecule has 0 aliphatic heterocycles. The number of halogens is 2. The fourth-order valence-electron chi connectivity index (χ4n) is 4.93. The van der Waals surface area contributed by atoms with Gasteiger partial charge >= 0.3 is 0 Å². The fraction of sp³-hybridized carbons (Fsp3) is 0.355. The van der Waals surface area contributed by atoms with E-state index < -0.39 is 6.04 Å². The summed E-state index contributed by atoms with van der Waals surface area (Å²) in [5.41, 5.74) is 3.71. The van der Waals surface area contributed by atoms with Crippen LogP contribution >= 0.6 is 27.5 Å². The summed E-state index contributed by atoms with van der Waals surface area (Å²) in [5.74, 6) is 0.210. The van der Waals surface area contributed by atoms with E-state index >= 15 is 0 Å². The monoisotopic (exact) mass is 596 g/mol. The number of hydrogen-bond acceptors (Lipinski definition) is 3. The molecule has 5 nitrogen and oxygen atoms in total. The molecule has 7 heteroatoms. The van der Waals surface area contributed by atoms with Crippen LogP contribution in [0.15, 0.2) is 71.2 Å². The molecule has 3 aromatic carbocycles. The van der Waals surface area contributed by atoms with Gasteiger partial charge in [0.15, 0.2) is 6.61 Å². The van der Waals surface area contributed by atoms with E-state index in [1.807, 2.05) is 80.6 Å². The van der Waals surface area contributed by atoms with Gasteiger partial charge in [0, 0.05) is 28.5 Å². The van der Waals surface area contributed by atoms with Crippen LogP contribution in [-0.4, -0.2) is 35.4 Å². The largest absolute Gasteiger partial charge is 0.484 e. The van der Waals surface area contributed by atoms with E-state index in [1.54, 1.807) is 4.90 Å². The van der Waals surface area contributed by atoms with Gasteiger partial charge < -0.3 is 15.0 Å². The molecule has 0 radical (unpaired) electrons. The lowest BCUT2D eigenvalue weighted by Crippen LogP contribution is -2.53. The average molecular weight is 598 g/mol. The molecular formula is C31H34BrClN2O3. The number of benzene rings is 3. The lowest BCUT2D eigenvalue weighted by atomic mass is 10.0. The van der Waals surface area contributed by atoms with Crippen molar-refractivity contribution in [2.45, 2.75) is 64.6 Å². The van der Waals surface area contributed by atoms with Crippen LogP contribution in [0.1, 0.15) is 47.9 Å². The second-order valence-corrected chi connectivity index (χ2v) is 11.3. The number of nitrogens with one attached hydrogen (secondary N) is 1. The van der Waals surface area contributed by atoms with Crippen molar-refractivity contribution in [2.75, 3.05) is 6.61 Å². The van der Waals surface area contributed by atoms with Gasteiger partial charge in [0.1, 0.15) is 11.8 Å². The quantitative estimate of drug-likeness (QED) is 0.280. The molecule has 1 aliphatic rings. The third-order valence-corrected chi connectivity index (χ3v) is 8.14. The summed E-state index contributed by atoms with van der Waals surface area (Å²) >= 11 is 9.79. The fourth-order valence-corrected chi connectivity index (χ4v) is 5.30. The zero-order chi connectivity index (χ0) is 27.1. The molecule has 1 fully saturated rings. The minimum Gasteiger partial charge on any atom is -0.484 e. The molecule has 1 atom stereocenters. The maximum atomic E-state index is 13.8. The normalized spacial score (nSPS) is 14.2. The average Bonchev–Trinajstić information content (AvgIpc) is 3.42. The summed E-state index contributed by atoms with van der Waals surface area (Å²) in [6.45, 7) is 3.93. The number of ether oxygens (including phenoxy) is 1. The van der Waals surface area contributed by atoms with E-state index in [0.29, 0.717) is 23.7 Å². The van der Waals surface area contributed by atoms with Gasteiger partial charge in [0.05, 0.1) is 0 Å². The topological polar surface area (TPSA) is 58.6 Å². The molecule has 200 valence electrons. The molecule has 3 aromatic rings. The van der Waals surface area contributed by atoms with Gasteiger partial charge in [-0.15, -0.1) is 0 Å². The molecular weight excluding hydrogens is 564 g/mol. The van der Waals surface area contributed by atoms with Crippen molar-refractivity contribution in [3.05, 3.63) is 98.5 Å². The molecule has 1 aliphatic carbocycles. The highest BCUT2D eigenvalue weighted by Crippen LogP contribution is 2.26. The van der Waals surface area contributed by atoms with E-state index in [2.05, 4.69) is 21.2 Å². The molecule has 1 saturated carbocycles. The molecule has 1 N–H and O–H groups in total. The van der Waals surface area contributed by atoms with Gasteiger partial charge in [-0.1, -0.05) is 82.8 Å². The third kappa shape index (κ3) is 7.61. The summed E-state index contributed by atoms with van der Waals surface area (Å²) in [5, 5.41) is 3.92. The van der Waals surface area contributed by atoms with Gasteiger partial charge in [-0.2, -0.15) is 0 Å². The zero-order valence-corrected chi connectivity index (χ0v) is 24.2. The number of aryl methyl sites for hydroxylation is 2. The Kier molecular flexibility index (Phi) is 9.86. The van der Waals surface area contributed by atoms with Crippen molar-refractivity contribution in [1.82, 2.24) is 10.2 Å². The minimum absolute atomic E-state index is 0.121. The Bertz CT molecular complexity index is 1220. The molecule has 0 spiro atoms. The van der Waals surface area contributed by atoms with Crippen LogP contribution in [-0.2, 0) is 22.6 Å². The summed E-state index contributed by atoms with van der Waals surface area (Å²) < 4.78 is 6.90. The van der Waals surface area contributed by atoms with Gasteiger partial charge in [-0.3, -0.25) is 9.59 Å². The molecule has 2 amide bonds. The Balaban J connectivity index is 1.61. The standard InChI is InChI=1S/C31H34BrClN2O3/c1-21-16-27(17-22(2)30(21)33)38-20-29(36)35(19-24-12-14-25(32)15-13-24)28(18-23-8-4-3-5-9-23)31(37)34-26-10-6-7-11-26/h3-5,8-9,12-17,26,28H,6-7,10-11,18-20H2,1-2H3,(H,34,37)/t28-/m1/s1. The number of rotatable bonds is 10. The Hall–Kier alpha value is -2.83. The Morgan fingerprint density at radius 1 is 1.00 bits per heavy atom. The smallest absolute Gasteiger partial charge is 0.261 e. The second kappa shape index (κ2) is 13.3. The molecule has 38 heavy (non-hydrogen) atoms. The highest BCUT2D eigenvalue weighted by atomic mass is 79.9. The van der Waals surface area contributed by atoms with E-state index in [9.17, 15) is 9.59 Å². The third-order valence-electron chi connectivity index (χ3n) is 7.01. The molecule has 0 aromatic heterocycles. The number of hydrogen-bond donors (Lipinski definition) is 1. The van der Waals surface area contributed by atoms with Gasteiger partial charge in [-0.25, -0.2) is 0 Å². The lowest BCUT2D eigenvalue weighted by molar-refractivity contribution is -0.143. The Labute approximate surface area is 238 Å². The number of carbonyl (C=O) groups excluding carboxylic acids is 2. The van der Waals surface area contributed by atoms with Crippen LogP contribution in [0.25, 0.3) is 0 Å². The summed E-state index contributed by atoms with van der Waals surface area (Å²) in [4.78, 5) is 29.2. The maximum absolute atomic E-state index is 13.8. The van der Waals surface area contributed by atoms with Gasteiger partial charge in [0.25, 0.3) is 5.91 Å². The maximum Gasteiger partial charge on any atom is 0.261 e. The van der Waals surface area contributed by atoms with Crippen molar-refractivity contribution in [3.8, 4) is 5.75 Å². The first-order chi connectivity index (χ1) is 18.3. The highest BCUT2D eigenvalue weighted by Gasteiger charge is 2.32.